The number of carbonyl (C=O) groups excluding carboxylic acids is 1. The fourth-order valence-corrected chi connectivity index (χ4v) is 4.25. The molecule has 0 aliphatic rings. The highest BCUT2D eigenvalue weighted by atomic mass is 35.5. The highest BCUT2D eigenvalue weighted by molar-refractivity contribution is 7.87. The van der Waals surface area contributed by atoms with E-state index in [0.29, 0.717) is 16.3 Å². The molecule has 172 valence electrons. The molecule has 3 aromatic rings. The van der Waals surface area contributed by atoms with Crippen molar-refractivity contribution in [1.82, 2.24) is 5.43 Å². The first-order valence-electron chi connectivity index (χ1n) is 9.34. The second-order valence-corrected chi connectivity index (χ2v) is 9.50. The van der Waals surface area contributed by atoms with Gasteiger partial charge < -0.3 is 8.92 Å². The molecule has 0 fully saturated rings. The fraction of sp³-hybridized carbons (Fsp3) is 0.0909. The van der Waals surface area contributed by atoms with Gasteiger partial charge in [-0.1, -0.05) is 52.5 Å². The summed E-state index contributed by atoms with van der Waals surface area (Å²) in [6.45, 7) is 1.57. The van der Waals surface area contributed by atoms with E-state index in [0.717, 1.165) is 5.56 Å². The Bertz CT molecular complexity index is 1260. The monoisotopic (exact) mass is 526 g/mol. The second kappa shape index (κ2) is 10.9. The van der Waals surface area contributed by atoms with Gasteiger partial charge in [-0.3, -0.25) is 4.79 Å². The van der Waals surface area contributed by atoms with Crippen LogP contribution in [0.5, 0.6) is 11.5 Å². The molecule has 7 nitrogen and oxygen atoms in total. The number of hydrazone groups is 1. The van der Waals surface area contributed by atoms with E-state index < -0.39 is 16.0 Å². The van der Waals surface area contributed by atoms with Gasteiger partial charge in [0.25, 0.3) is 5.91 Å². The molecule has 0 bridgehead atoms. The van der Waals surface area contributed by atoms with E-state index in [1.807, 2.05) is 6.92 Å². The maximum Gasteiger partial charge on any atom is 0.339 e. The largest absolute Gasteiger partial charge is 0.484 e. The number of benzene rings is 3. The third kappa shape index (κ3) is 7.10. The molecule has 0 radical (unpaired) electrons. The summed E-state index contributed by atoms with van der Waals surface area (Å²) in [7, 11) is -4.13. The zero-order valence-electron chi connectivity index (χ0n) is 17.1. The van der Waals surface area contributed by atoms with Crippen molar-refractivity contribution < 1.29 is 22.1 Å². The Morgan fingerprint density at radius 3 is 2.21 bits per heavy atom. The lowest BCUT2D eigenvalue weighted by atomic mass is 10.2. The van der Waals surface area contributed by atoms with E-state index in [4.69, 9.17) is 43.7 Å². The topological polar surface area (TPSA) is 94.1 Å². The van der Waals surface area contributed by atoms with Crippen molar-refractivity contribution in [3.63, 3.8) is 0 Å². The molecule has 0 saturated carbocycles. The molecule has 11 heteroatoms. The number of carbonyl (C=O) groups is 1. The Morgan fingerprint density at radius 2 is 1.61 bits per heavy atom. The Labute approximate surface area is 206 Å². The molecule has 0 saturated heterocycles. The van der Waals surface area contributed by atoms with Crippen molar-refractivity contribution >= 4 is 57.0 Å². The number of halogens is 3. The van der Waals surface area contributed by atoms with Crippen LogP contribution in [0, 0.1) is 6.92 Å². The number of ether oxygens (including phenoxy) is 1. The molecule has 3 aromatic carbocycles. The standard InChI is InChI=1S/C22H17Cl3N2O5S/c1-14-2-8-18(9-3-14)33(29,30)32-22-19(24)10-15(11-20(22)25)12-26-27-21(28)13-31-17-6-4-16(23)5-7-17/h2-12H,13H2,1H3,(H,27,28)/b26-12-. The molecule has 0 atom stereocenters. The van der Waals surface area contributed by atoms with Gasteiger partial charge in [-0.15, -0.1) is 0 Å². The van der Waals surface area contributed by atoms with Crippen LogP contribution in [-0.4, -0.2) is 27.1 Å². The number of aryl methyl sites for hydroxylation is 1. The average molecular weight is 528 g/mol. The minimum atomic E-state index is -4.13. The van der Waals surface area contributed by atoms with Gasteiger partial charge in [0.15, 0.2) is 12.4 Å². The fourth-order valence-electron chi connectivity index (χ4n) is 2.49. The first kappa shape index (κ1) is 24.9. The van der Waals surface area contributed by atoms with Crippen LogP contribution in [0.15, 0.2) is 70.7 Å². The molecule has 0 heterocycles. The van der Waals surface area contributed by atoms with Crippen LogP contribution >= 0.6 is 34.8 Å². The van der Waals surface area contributed by atoms with Crippen molar-refractivity contribution in [3.05, 3.63) is 86.9 Å². The van der Waals surface area contributed by atoms with Crippen LogP contribution < -0.4 is 14.3 Å². The second-order valence-electron chi connectivity index (χ2n) is 6.70. The third-order valence-corrected chi connectivity index (χ3v) is 6.16. The number of nitrogens with one attached hydrogen (secondary N) is 1. The minimum absolute atomic E-state index is 0.0330. The lowest BCUT2D eigenvalue weighted by Gasteiger charge is -2.11. The van der Waals surface area contributed by atoms with Gasteiger partial charge in [0, 0.05) is 5.02 Å². The molecule has 3 rings (SSSR count). The van der Waals surface area contributed by atoms with Crippen LogP contribution in [0.4, 0.5) is 0 Å². The van der Waals surface area contributed by atoms with E-state index in [9.17, 15) is 13.2 Å². The molecule has 0 aromatic heterocycles. The van der Waals surface area contributed by atoms with E-state index >= 15 is 0 Å². The summed E-state index contributed by atoms with van der Waals surface area (Å²) in [5.41, 5.74) is 3.60. The molecule has 1 N–H and O–H groups in total. The van der Waals surface area contributed by atoms with Crippen molar-refractivity contribution in [1.29, 1.82) is 0 Å². The number of hydrogen-bond acceptors (Lipinski definition) is 6. The van der Waals surface area contributed by atoms with Crippen LogP contribution in [0.2, 0.25) is 15.1 Å². The SMILES string of the molecule is Cc1ccc(S(=O)(=O)Oc2c(Cl)cc(/C=N\NC(=O)COc3ccc(Cl)cc3)cc2Cl)cc1. The summed E-state index contributed by atoms with van der Waals surface area (Å²) in [6.07, 6.45) is 1.29. The first-order chi connectivity index (χ1) is 15.6. The number of hydrogen-bond donors (Lipinski definition) is 1. The molecule has 0 aliphatic heterocycles. The minimum Gasteiger partial charge on any atom is -0.484 e. The molecule has 33 heavy (non-hydrogen) atoms. The summed E-state index contributed by atoms with van der Waals surface area (Å²) >= 11 is 18.1. The average Bonchev–Trinajstić information content (AvgIpc) is 2.76. The Kier molecular flexibility index (Phi) is 8.20. The highest BCUT2D eigenvalue weighted by Crippen LogP contribution is 2.36. The summed E-state index contributed by atoms with van der Waals surface area (Å²) in [5, 5.41) is 4.27. The molecular weight excluding hydrogens is 511 g/mol. The van der Waals surface area contributed by atoms with E-state index in [1.165, 1.54) is 30.5 Å². The van der Waals surface area contributed by atoms with Crippen molar-refractivity contribution in [3.8, 4) is 11.5 Å². The van der Waals surface area contributed by atoms with E-state index in [-0.39, 0.29) is 27.3 Å². The zero-order chi connectivity index (χ0) is 24.0. The van der Waals surface area contributed by atoms with Crippen LogP contribution in [-0.2, 0) is 14.9 Å². The Hall–Kier alpha value is -2.78. The molecule has 1 amide bonds. The summed E-state index contributed by atoms with van der Waals surface area (Å²) in [5.74, 6) is -0.229. The summed E-state index contributed by atoms with van der Waals surface area (Å²) < 4.78 is 35.4. The zero-order valence-corrected chi connectivity index (χ0v) is 20.2. The van der Waals surface area contributed by atoms with E-state index in [2.05, 4.69) is 10.5 Å². The molecular formula is C22H17Cl3N2O5S. The van der Waals surface area contributed by atoms with Gasteiger partial charge in [0.2, 0.25) is 0 Å². The van der Waals surface area contributed by atoms with Gasteiger partial charge in [-0.05, 0) is 61.0 Å². The third-order valence-electron chi connectivity index (χ3n) is 4.11. The lowest BCUT2D eigenvalue weighted by Crippen LogP contribution is -2.24. The van der Waals surface area contributed by atoms with Gasteiger partial charge in [-0.25, -0.2) is 5.43 Å². The Balaban J connectivity index is 1.62. The van der Waals surface area contributed by atoms with Gasteiger partial charge in [-0.2, -0.15) is 13.5 Å². The summed E-state index contributed by atoms with van der Waals surface area (Å²) in [6, 6.07) is 15.5. The molecule has 0 spiro atoms. The number of nitrogens with zero attached hydrogens (tertiary/aromatic N) is 1. The van der Waals surface area contributed by atoms with Gasteiger partial charge in [0.1, 0.15) is 10.6 Å². The van der Waals surface area contributed by atoms with Crippen molar-refractivity contribution in [2.75, 3.05) is 6.61 Å². The highest BCUT2D eigenvalue weighted by Gasteiger charge is 2.21. The predicted molar refractivity (Wildman–Crippen MR) is 128 cm³/mol. The molecule has 0 unspecified atom stereocenters. The van der Waals surface area contributed by atoms with E-state index in [1.54, 1.807) is 36.4 Å². The van der Waals surface area contributed by atoms with Crippen LogP contribution in [0.3, 0.4) is 0 Å². The van der Waals surface area contributed by atoms with Crippen molar-refractivity contribution in [2.24, 2.45) is 5.10 Å². The lowest BCUT2D eigenvalue weighted by molar-refractivity contribution is -0.123. The maximum absolute atomic E-state index is 12.5. The summed E-state index contributed by atoms with van der Waals surface area (Å²) in [4.78, 5) is 11.8. The quantitative estimate of drug-likeness (QED) is 0.245. The van der Waals surface area contributed by atoms with Crippen LogP contribution in [0.25, 0.3) is 0 Å². The predicted octanol–water partition coefficient (Wildman–Crippen LogP) is 5.25. The molecule has 0 aliphatic carbocycles. The van der Waals surface area contributed by atoms with Crippen LogP contribution in [0.1, 0.15) is 11.1 Å². The first-order valence-corrected chi connectivity index (χ1v) is 11.9. The number of rotatable bonds is 8. The maximum atomic E-state index is 12.5. The Morgan fingerprint density at radius 1 is 1.00 bits per heavy atom. The van der Waals surface area contributed by atoms with Gasteiger partial charge in [0.05, 0.1) is 16.3 Å². The normalized spacial score (nSPS) is 11.4. The number of amides is 1. The van der Waals surface area contributed by atoms with Gasteiger partial charge >= 0.3 is 10.1 Å². The van der Waals surface area contributed by atoms with Crippen molar-refractivity contribution in [2.45, 2.75) is 11.8 Å². The smallest absolute Gasteiger partial charge is 0.339 e.